The molecule has 12 rings (SSSR count). The summed E-state index contributed by atoms with van der Waals surface area (Å²) in [5.74, 6) is 3.88. The van der Waals surface area contributed by atoms with Crippen LogP contribution in [0.3, 0.4) is 0 Å². The number of carbonyl (C=O) groups excluding carboxylic acids is 2. The van der Waals surface area contributed by atoms with Crippen molar-refractivity contribution in [2.24, 2.45) is 5.73 Å². The number of nitrogens with zero attached hydrogens (tertiary/aromatic N) is 7. The normalized spacial score (nSPS) is 17.7. The number of carbonyl (C=O) groups is 2. The van der Waals surface area contributed by atoms with Gasteiger partial charge in [0.05, 0.1) is 30.5 Å². The molecule has 0 spiro atoms. The molecule has 3 fully saturated rings. The zero-order valence-electron chi connectivity index (χ0n) is 44.5. The molecule has 20 heteroatoms. The Balaban J connectivity index is 0.000000201. The number of morpholine rings is 1. The van der Waals surface area contributed by atoms with Gasteiger partial charge in [-0.2, -0.15) is 0 Å². The first kappa shape index (κ1) is 57.4. The Morgan fingerprint density at radius 2 is 1.09 bits per heavy atom. The Bertz CT molecular complexity index is 3480. The lowest BCUT2D eigenvalue weighted by Crippen LogP contribution is -2.41. The molecule has 420 valence electrons. The van der Waals surface area contributed by atoms with Crippen molar-refractivity contribution in [3.05, 3.63) is 165 Å². The second kappa shape index (κ2) is 27.3. The molecule has 1 amide bonds. The van der Waals surface area contributed by atoms with Gasteiger partial charge in [-0.1, -0.05) is 78.9 Å². The summed E-state index contributed by atoms with van der Waals surface area (Å²) in [6.07, 6.45) is 11.4. The van der Waals surface area contributed by atoms with Crippen molar-refractivity contribution in [3.63, 3.8) is 0 Å². The maximum atomic E-state index is 12.6. The van der Waals surface area contributed by atoms with Gasteiger partial charge in [-0.15, -0.1) is 24.8 Å². The quantitative estimate of drug-likeness (QED) is 0.0661. The number of amides is 1. The Morgan fingerprint density at radius 1 is 0.593 bits per heavy atom. The standard InChI is InChI=1S/C36H38N6O4.C25H25N5O3.2ClH/c43-36(37-17-18-41-19-21-44-22-20-41)46-31-16-13-28(23-31)42-24-32(26-11-14-30(15-12-26)45-29-9-5-2-6-10-29)33-34(38-25-39-35(33)42)40-27-7-3-1-4-8-27;26-13-22(31)33-20-11-8-17(12-20)30-14-21(23-24(27)28-15-29-25(23)30)16-6-9-19(10-7-16)32-18-4-2-1-3-5-18;;/h1-12,14-15,24-25,28,31H,13,16-23H2,(H,37,43)(H,38,39,40);1-7,9-10,14-15,17,20H,8,11-13,26H2,(H2,27,28,29);2*1H. The van der Waals surface area contributed by atoms with Crippen LogP contribution in [0.25, 0.3) is 44.3 Å². The summed E-state index contributed by atoms with van der Waals surface area (Å²) in [6, 6.07) is 45.7. The first-order chi connectivity index (χ1) is 38.8. The van der Waals surface area contributed by atoms with E-state index in [-0.39, 0.29) is 67.7 Å². The van der Waals surface area contributed by atoms with E-state index in [0.29, 0.717) is 18.8 Å². The molecule has 6 N–H and O–H groups in total. The number of nitrogens with two attached hydrogens (primary N) is 2. The number of halogens is 2. The Labute approximate surface area is 482 Å². The second-order valence-corrected chi connectivity index (χ2v) is 19.8. The molecule has 4 atom stereocenters. The van der Waals surface area contributed by atoms with E-state index in [2.05, 4.69) is 64.1 Å². The molecule has 2 aliphatic carbocycles. The van der Waals surface area contributed by atoms with Crippen LogP contribution in [0.15, 0.2) is 165 Å². The van der Waals surface area contributed by atoms with E-state index in [1.807, 2.05) is 127 Å². The summed E-state index contributed by atoms with van der Waals surface area (Å²) in [5, 5.41) is 8.19. The largest absolute Gasteiger partial charge is 0.461 e. The highest BCUT2D eigenvalue weighted by molar-refractivity contribution is 6.03. The summed E-state index contributed by atoms with van der Waals surface area (Å²) < 4.78 is 33.0. The van der Waals surface area contributed by atoms with Crippen molar-refractivity contribution in [2.75, 3.05) is 57.0 Å². The third kappa shape index (κ3) is 14.0. The Hall–Kier alpha value is -8.26. The summed E-state index contributed by atoms with van der Waals surface area (Å²) in [6.45, 7) is 4.52. The number of esters is 1. The van der Waals surface area contributed by atoms with Gasteiger partial charge in [-0.25, -0.2) is 24.7 Å². The van der Waals surface area contributed by atoms with E-state index in [0.717, 1.165) is 144 Å². The van der Waals surface area contributed by atoms with Crippen LogP contribution >= 0.6 is 24.8 Å². The molecule has 3 aliphatic rings. The van der Waals surface area contributed by atoms with E-state index < -0.39 is 0 Å². The molecule has 18 nitrogen and oxygen atoms in total. The molecular formula is C61H65Cl2N11O7. The van der Waals surface area contributed by atoms with Crippen LogP contribution in [-0.4, -0.2) is 104 Å². The highest BCUT2D eigenvalue weighted by Gasteiger charge is 2.33. The minimum absolute atomic E-state index is 0. The van der Waals surface area contributed by atoms with Gasteiger partial charge in [0.15, 0.2) is 0 Å². The average molecular weight is 1140 g/mol. The maximum Gasteiger partial charge on any atom is 0.407 e. The average Bonchev–Trinajstić information content (AvgIpc) is 4.51. The number of ether oxygens (including phenoxy) is 5. The first-order valence-corrected chi connectivity index (χ1v) is 26.9. The minimum Gasteiger partial charge on any atom is -0.461 e. The van der Waals surface area contributed by atoms with Crippen LogP contribution in [0.2, 0.25) is 0 Å². The van der Waals surface area contributed by atoms with E-state index in [4.69, 9.17) is 40.1 Å². The first-order valence-electron chi connectivity index (χ1n) is 26.9. The highest BCUT2D eigenvalue weighted by Crippen LogP contribution is 2.43. The molecule has 5 heterocycles. The molecular weight excluding hydrogens is 1070 g/mol. The summed E-state index contributed by atoms with van der Waals surface area (Å²) in [4.78, 5) is 44.7. The zero-order chi connectivity index (χ0) is 53.9. The van der Waals surface area contributed by atoms with Crippen molar-refractivity contribution in [3.8, 4) is 45.3 Å². The van der Waals surface area contributed by atoms with E-state index >= 15 is 0 Å². The molecule has 0 radical (unpaired) electrons. The van der Waals surface area contributed by atoms with E-state index in [1.54, 1.807) is 6.33 Å². The fourth-order valence-electron chi connectivity index (χ4n) is 10.7. The predicted octanol–water partition coefficient (Wildman–Crippen LogP) is 11.7. The number of anilines is 3. The SMILES string of the molecule is Cl.Cl.NCC(=O)OC1CCC(n2cc(-c3ccc(Oc4ccccc4)cc3)c3c(N)ncnc32)C1.O=C(NCCN1CCOCC1)OC1CCC(n2cc(-c3ccc(Oc4ccccc4)cc3)c3c(Nc4ccccc4)ncnc32)C1. The fraction of sp³-hybridized carbons (Fsp3) is 0.279. The van der Waals surface area contributed by atoms with Gasteiger partial charge < -0.3 is 54.9 Å². The number of alkyl carbamates (subject to hydrolysis) is 1. The van der Waals surface area contributed by atoms with Crippen LogP contribution in [0.1, 0.15) is 50.6 Å². The molecule has 1 saturated heterocycles. The smallest absolute Gasteiger partial charge is 0.407 e. The lowest BCUT2D eigenvalue weighted by molar-refractivity contribution is -0.147. The fourth-order valence-corrected chi connectivity index (χ4v) is 10.7. The second-order valence-electron chi connectivity index (χ2n) is 19.8. The molecule has 1 aliphatic heterocycles. The molecule has 0 bridgehead atoms. The molecule has 2 saturated carbocycles. The third-order valence-corrected chi connectivity index (χ3v) is 14.6. The topological polar surface area (TPSA) is 221 Å². The van der Waals surface area contributed by atoms with Crippen molar-refractivity contribution in [1.82, 2.24) is 39.3 Å². The number of para-hydroxylation sites is 3. The Morgan fingerprint density at radius 3 is 1.64 bits per heavy atom. The molecule has 5 aromatic carbocycles. The number of rotatable bonds is 16. The number of benzene rings is 5. The predicted molar refractivity (Wildman–Crippen MR) is 318 cm³/mol. The molecule has 4 aromatic heterocycles. The van der Waals surface area contributed by atoms with Crippen LogP contribution in [0.5, 0.6) is 23.0 Å². The lowest BCUT2D eigenvalue weighted by atomic mass is 10.1. The molecule has 4 unspecified atom stereocenters. The van der Waals surface area contributed by atoms with Gasteiger partial charge in [-0.05, 0) is 97.5 Å². The van der Waals surface area contributed by atoms with Crippen LogP contribution in [0, 0.1) is 0 Å². The number of aromatic nitrogens is 6. The summed E-state index contributed by atoms with van der Waals surface area (Å²) >= 11 is 0. The number of hydrogen-bond acceptors (Lipinski definition) is 15. The molecule has 9 aromatic rings. The van der Waals surface area contributed by atoms with Crippen molar-refractivity contribution < 1.29 is 33.3 Å². The van der Waals surface area contributed by atoms with Gasteiger partial charge in [0.25, 0.3) is 0 Å². The minimum atomic E-state index is -0.372. The van der Waals surface area contributed by atoms with Crippen molar-refractivity contribution in [1.29, 1.82) is 0 Å². The van der Waals surface area contributed by atoms with Crippen LogP contribution in [-0.2, 0) is 19.0 Å². The van der Waals surface area contributed by atoms with Crippen molar-refractivity contribution >= 4 is 76.3 Å². The van der Waals surface area contributed by atoms with E-state index in [1.165, 1.54) is 6.33 Å². The monoisotopic (exact) mass is 1130 g/mol. The van der Waals surface area contributed by atoms with Gasteiger partial charge in [0.2, 0.25) is 0 Å². The maximum absolute atomic E-state index is 12.6. The van der Waals surface area contributed by atoms with Crippen molar-refractivity contribution in [2.45, 2.75) is 62.8 Å². The lowest BCUT2D eigenvalue weighted by Gasteiger charge is -2.26. The van der Waals surface area contributed by atoms with Gasteiger partial charge in [-0.3, -0.25) is 9.69 Å². The summed E-state index contributed by atoms with van der Waals surface area (Å²) in [7, 11) is 0. The van der Waals surface area contributed by atoms with Gasteiger partial charge >= 0.3 is 12.1 Å². The third-order valence-electron chi connectivity index (χ3n) is 14.6. The van der Waals surface area contributed by atoms with Crippen LogP contribution < -0.4 is 31.6 Å². The van der Waals surface area contributed by atoms with Crippen LogP contribution in [0.4, 0.5) is 22.1 Å². The Kier molecular flexibility index (Phi) is 19.3. The zero-order valence-corrected chi connectivity index (χ0v) is 46.2. The number of nitrogen functional groups attached to an aromatic ring is 1. The summed E-state index contributed by atoms with van der Waals surface area (Å²) in [5.41, 5.74) is 18.2. The van der Waals surface area contributed by atoms with E-state index in [9.17, 15) is 9.59 Å². The van der Waals surface area contributed by atoms with Gasteiger partial charge in [0.1, 0.15) is 70.8 Å². The highest BCUT2D eigenvalue weighted by atomic mass is 35.5. The van der Waals surface area contributed by atoms with Gasteiger partial charge in [0, 0.05) is 80.3 Å². The number of nitrogens with one attached hydrogen (secondary N) is 2. The molecule has 81 heavy (non-hydrogen) atoms. The number of hydrogen-bond donors (Lipinski definition) is 4. The number of fused-ring (bicyclic) bond motifs is 2.